The summed E-state index contributed by atoms with van der Waals surface area (Å²) in [7, 11) is 0. The van der Waals surface area contributed by atoms with Gasteiger partial charge in [0.1, 0.15) is 5.69 Å². The van der Waals surface area contributed by atoms with Crippen LogP contribution < -0.4 is 5.32 Å². The Morgan fingerprint density at radius 3 is 2.82 bits per heavy atom. The number of rotatable bonds is 4. The van der Waals surface area contributed by atoms with Gasteiger partial charge in [0.25, 0.3) is 0 Å². The van der Waals surface area contributed by atoms with E-state index in [1.807, 2.05) is 4.90 Å². The molecule has 7 nitrogen and oxygen atoms in total. The minimum absolute atomic E-state index is 0.0743. The molecule has 2 aromatic heterocycles. The predicted molar refractivity (Wildman–Crippen MR) is 79.8 cm³/mol. The summed E-state index contributed by atoms with van der Waals surface area (Å²) in [6.45, 7) is 0.738. The molecular formula is C15H16N6O. The van der Waals surface area contributed by atoms with Crippen LogP contribution in [0.1, 0.15) is 19.3 Å². The van der Waals surface area contributed by atoms with Crippen LogP contribution >= 0.6 is 0 Å². The summed E-state index contributed by atoms with van der Waals surface area (Å²) in [6, 6.07) is 2.34. The van der Waals surface area contributed by atoms with Gasteiger partial charge in [-0.05, 0) is 18.9 Å². The number of anilines is 1. The van der Waals surface area contributed by atoms with Gasteiger partial charge >= 0.3 is 0 Å². The van der Waals surface area contributed by atoms with Gasteiger partial charge in [0, 0.05) is 37.6 Å². The number of carbonyl (C=O) groups excluding carboxylic acids is 1. The summed E-state index contributed by atoms with van der Waals surface area (Å²) in [4.78, 5) is 30.9. The van der Waals surface area contributed by atoms with Crippen molar-refractivity contribution in [3.05, 3.63) is 30.9 Å². The molecule has 22 heavy (non-hydrogen) atoms. The second-order valence-corrected chi connectivity index (χ2v) is 5.68. The van der Waals surface area contributed by atoms with Gasteiger partial charge < -0.3 is 10.2 Å². The first-order valence-electron chi connectivity index (χ1n) is 7.45. The van der Waals surface area contributed by atoms with Crippen molar-refractivity contribution in [1.29, 1.82) is 0 Å². The Labute approximate surface area is 127 Å². The zero-order chi connectivity index (χ0) is 14.9. The molecule has 112 valence electrons. The Kier molecular flexibility index (Phi) is 3.17. The van der Waals surface area contributed by atoms with Crippen LogP contribution in [0.5, 0.6) is 0 Å². The van der Waals surface area contributed by atoms with E-state index < -0.39 is 0 Å². The molecule has 0 radical (unpaired) electrons. The monoisotopic (exact) mass is 296 g/mol. The fourth-order valence-electron chi connectivity index (χ4n) is 2.75. The van der Waals surface area contributed by atoms with Crippen molar-refractivity contribution < 1.29 is 4.79 Å². The first-order chi connectivity index (χ1) is 10.8. The largest absolute Gasteiger partial charge is 0.349 e. The number of hydrogen-bond donors (Lipinski definition) is 1. The van der Waals surface area contributed by atoms with Gasteiger partial charge in [0.2, 0.25) is 11.9 Å². The van der Waals surface area contributed by atoms with Gasteiger partial charge in [-0.15, -0.1) is 0 Å². The highest BCUT2D eigenvalue weighted by molar-refractivity contribution is 5.80. The molecule has 1 unspecified atom stereocenters. The van der Waals surface area contributed by atoms with Gasteiger partial charge in [-0.3, -0.25) is 14.8 Å². The summed E-state index contributed by atoms with van der Waals surface area (Å²) >= 11 is 0. The van der Waals surface area contributed by atoms with Crippen molar-refractivity contribution >= 4 is 11.9 Å². The number of amides is 1. The maximum Gasteiger partial charge on any atom is 0.225 e. The number of nitrogens with zero attached hydrogens (tertiary/aromatic N) is 5. The zero-order valence-corrected chi connectivity index (χ0v) is 12.0. The van der Waals surface area contributed by atoms with Gasteiger partial charge in [-0.25, -0.2) is 9.97 Å². The van der Waals surface area contributed by atoms with Crippen molar-refractivity contribution in [2.24, 2.45) is 0 Å². The predicted octanol–water partition coefficient (Wildman–Crippen LogP) is 1.11. The van der Waals surface area contributed by atoms with Crippen LogP contribution in [0.4, 0.5) is 5.95 Å². The standard InChI is InChI=1S/C15H16N6O/c22-14-7-10(9-21(14)11-1-2-11)19-15-18-4-3-12(20-15)13-8-16-5-6-17-13/h3-6,8,10-11H,1-2,7,9H2,(H,18,19,20). The second-order valence-electron chi connectivity index (χ2n) is 5.68. The summed E-state index contributed by atoms with van der Waals surface area (Å²) in [5.41, 5.74) is 1.42. The van der Waals surface area contributed by atoms with Crippen LogP contribution in [0.25, 0.3) is 11.4 Å². The Morgan fingerprint density at radius 2 is 2.05 bits per heavy atom. The molecule has 2 aromatic rings. The average molecular weight is 296 g/mol. The smallest absolute Gasteiger partial charge is 0.225 e. The van der Waals surface area contributed by atoms with E-state index in [0.717, 1.165) is 19.4 Å². The minimum Gasteiger partial charge on any atom is -0.349 e. The van der Waals surface area contributed by atoms with E-state index in [4.69, 9.17) is 0 Å². The summed E-state index contributed by atoms with van der Waals surface area (Å²) < 4.78 is 0. The second kappa shape index (κ2) is 5.32. The molecule has 2 fully saturated rings. The molecule has 1 aliphatic heterocycles. The van der Waals surface area contributed by atoms with Gasteiger partial charge in [-0.2, -0.15) is 0 Å². The maximum absolute atomic E-state index is 12.0. The number of likely N-dealkylation sites (tertiary alicyclic amines) is 1. The lowest BCUT2D eigenvalue weighted by atomic mass is 10.2. The molecule has 7 heteroatoms. The van der Waals surface area contributed by atoms with E-state index >= 15 is 0 Å². The third kappa shape index (κ3) is 2.61. The molecule has 1 amide bonds. The zero-order valence-electron chi connectivity index (χ0n) is 12.0. The van der Waals surface area contributed by atoms with E-state index in [2.05, 4.69) is 25.3 Å². The molecule has 2 aliphatic rings. The molecule has 1 atom stereocenters. The van der Waals surface area contributed by atoms with Crippen molar-refractivity contribution in [1.82, 2.24) is 24.8 Å². The normalized spacial score (nSPS) is 21.2. The summed E-state index contributed by atoms with van der Waals surface area (Å²) in [5, 5.41) is 3.26. The third-order valence-corrected chi connectivity index (χ3v) is 3.96. The minimum atomic E-state index is 0.0743. The highest BCUT2D eigenvalue weighted by Crippen LogP contribution is 2.31. The Morgan fingerprint density at radius 1 is 1.14 bits per heavy atom. The Hall–Kier alpha value is -2.57. The van der Waals surface area contributed by atoms with Crippen LogP contribution in [0.15, 0.2) is 30.9 Å². The first-order valence-corrected chi connectivity index (χ1v) is 7.45. The quantitative estimate of drug-likeness (QED) is 0.910. The molecular weight excluding hydrogens is 280 g/mol. The Bertz CT molecular complexity index is 687. The average Bonchev–Trinajstić information content (AvgIpc) is 3.33. The first kappa shape index (κ1) is 13.1. The van der Waals surface area contributed by atoms with Crippen molar-refractivity contribution in [3.8, 4) is 11.4 Å². The molecule has 0 aromatic carbocycles. The van der Waals surface area contributed by atoms with Gasteiger partial charge in [0.05, 0.1) is 17.9 Å². The maximum atomic E-state index is 12.0. The highest BCUT2D eigenvalue weighted by Gasteiger charge is 2.39. The molecule has 1 saturated carbocycles. The number of carbonyl (C=O) groups is 1. The molecule has 4 rings (SSSR count). The van der Waals surface area contributed by atoms with Gasteiger partial charge in [-0.1, -0.05) is 0 Å². The third-order valence-electron chi connectivity index (χ3n) is 3.96. The van der Waals surface area contributed by atoms with Gasteiger partial charge in [0.15, 0.2) is 0 Å². The lowest BCUT2D eigenvalue weighted by Crippen LogP contribution is -2.30. The Balaban J connectivity index is 1.48. The van der Waals surface area contributed by atoms with Crippen molar-refractivity contribution in [2.75, 3.05) is 11.9 Å². The van der Waals surface area contributed by atoms with Crippen molar-refractivity contribution in [2.45, 2.75) is 31.3 Å². The molecule has 1 aliphatic carbocycles. The molecule has 0 spiro atoms. The highest BCUT2D eigenvalue weighted by atomic mass is 16.2. The van der Waals surface area contributed by atoms with Crippen LogP contribution in [0.3, 0.4) is 0 Å². The lowest BCUT2D eigenvalue weighted by Gasteiger charge is -2.16. The van der Waals surface area contributed by atoms with Crippen LogP contribution in [-0.4, -0.2) is 49.4 Å². The molecule has 0 bridgehead atoms. The van der Waals surface area contributed by atoms with Crippen LogP contribution in [0, 0.1) is 0 Å². The van der Waals surface area contributed by atoms with E-state index in [-0.39, 0.29) is 11.9 Å². The van der Waals surface area contributed by atoms with Crippen molar-refractivity contribution in [3.63, 3.8) is 0 Å². The van der Waals surface area contributed by atoms with E-state index in [9.17, 15) is 4.79 Å². The fourth-order valence-corrected chi connectivity index (χ4v) is 2.75. The van der Waals surface area contributed by atoms with E-state index in [1.165, 1.54) is 0 Å². The van der Waals surface area contributed by atoms with Crippen LogP contribution in [-0.2, 0) is 4.79 Å². The van der Waals surface area contributed by atoms with Crippen LogP contribution in [0.2, 0.25) is 0 Å². The van der Waals surface area contributed by atoms with E-state index in [0.29, 0.717) is 29.8 Å². The topological polar surface area (TPSA) is 83.9 Å². The summed E-state index contributed by atoms with van der Waals surface area (Å²) in [6.07, 6.45) is 9.40. The fraction of sp³-hybridized carbons (Fsp3) is 0.400. The molecule has 1 saturated heterocycles. The number of nitrogens with one attached hydrogen (secondary N) is 1. The molecule has 3 heterocycles. The number of aromatic nitrogens is 4. The summed E-state index contributed by atoms with van der Waals surface area (Å²) in [5.74, 6) is 0.753. The SMILES string of the molecule is O=C1CC(Nc2nccc(-c3cnccn3)n2)CN1C1CC1. The number of hydrogen-bond acceptors (Lipinski definition) is 6. The molecule has 1 N–H and O–H groups in total. The lowest BCUT2D eigenvalue weighted by molar-refractivity contribution is -0.128. The van der Waals surface area contributed by atoms with E-state index in [1.54, 1.807) is 30.9 Å².